The third-order valence-electron chi connectivity index (χ3n) is 3.00. The Labute approximate surface area is 119 Å². The molecule has 104 valence electrons. The number of rotatable bonds is 7. The van der Waals surface area contributed by atoms with Crippen LogP contribution in [0.1, 0.15) is 38.2 Å². The van der Waals surface area contributed by atoms with Gasteiger partial charge in [-0.15, -0.1) is 0 Å². The molecule has 5 heteroatoms. The van der Waals surface area contributed by atoms with Gasteiger partial charge in [-0.3, -0.25) is 0 Å². The summed E-state index contributed by atoms with van der Waals surface area (Å²) in [6.07, 6.45) is 1.55. The van der Waals surface area contributed by atoms with E-state index in [1.54, 1.807) is 12.1 Å². The van der Waals surface area contributed by atoms with Crippen molar-refractivity contribution in [3.8, 4) is 5.40 Å². The maximum absolute atomic E-state index is 11.9. The molecule has 0 saturated carbocycles. The molecule has 0 bridgehead atoms. The van der Waals surface area contributed by atoms with E-state index in [2.05, 4.69) is 12.3 Å². The van der Waals surface area contributed by atoms with E-state index < -0.39 is 9.84 Å². The molecule has 0 aliphatic carbocycles. The van der Waals surface area contributed by atoms with Crippen LogP contribution in [0, 0.1) is 10.7 Å². The van der Waals surface area contributed by atoms with Crippen molar-refractivity contribution in [2.45, 2.75) is 37.5 Å². The third-order valence-corrected chi connectivity index (χ3v) is 5.50. The first-order valence-electron chi connectivity index (χ1n) is 6.35. The normalized spacial score (nSPS) is 12.9. The van der Waals surface area contributed by atoms with E-state index in [1.807, 2.05) is 19.1 Å². The standard InChI is InChI=1S/C14H19NO2S2/c1-3-10-19(16,17)14-6-4-13(5-7-14)12(2)8-9-18-11-15/h4-7,12H,3,8-10H2,1-2H3. The van der Waals surface area contributed by atoms with Gasteiger partial charge < -0.3 is 0 Å². The van der Waals surface area contributed by atoms with Crippen molar-refractivity contribution < 1.29 is 8.42 Å². The van der Waals surface area contributed by atoms with Gasteiger partial charge in [0.25, 0.3) is 0 Å². The molecule has 0 aromatic heterocycles. The summed E-state index contributed by atoms with van der Waals surface area (Å²) >= 11 is 1.25. The Morgan fingerprint density at radius 3 is 2.47 bits per heavy atom. The van der Waals surface area contributed by atoms with Gasteiger partial charge in [0.2, 0.25) is 0 Å². The van der Waals surface area contributed by atoms with Gasteiger partial charge in [-0.2, -0.15) is 5.26 Å². The van der Waals surface area contributed by atoms with Gasteiger partial charge in [0, 0.05) is 5.75 Å². The van der Waals surface area contributed by atoms with Crippen molar-refractivity contribution in [2.75, 3.05) is 11.5 Å². The SMILES string of the molecule is CCCS(=O)(=O)c1ccc(C(C)CCSC#N)cc1. The fourth-order valence-corrected chi connectivity index (χ4v) is 3.72. The van der Waals surface area contributed by atoms with Gasteiger partial charge in [0.15, 0.2) is 9.84 Å². The topological polar surface area (TPSA) is 57.9 Å². The van der Waals surface area contributed by atoms with Crippen LogP contribution in [0.25, 0.3) is 0 Å². The second-order valence-corrected chi connectivity index (χ2v) is 7.51. The number of hydrogen-bond donors (Lipinski definition) is 0. The molecule has 0 amide bonds. The Hall–Kier alpha value is -0.990. The van der Waals surface area contributed by atoms with Crippen LogP contribution in [-0.4, -0.2) is 19.9 Å². The van der Waals surface area contributed by atoms with Crippen LogP contribution in [0.15, 0.2) is 29.2 Å². The number of hydrogen-bond acceptors (Lipinski definition) is 4. The first kappa shape index (κ1) is 16.1. The predicted molar refractivity (Wildman–Crippen MR) is 79.9 cm³/mol. The first-order chi connectivity index (χ1) is 9.01. The Kier molecular flexibility index (Phi) is 6.40. The zero-order valence-corrected chi connectivity index (χ0v) is 12.9. The lowest BCUT2D eigenvalue weighted by atomic mass is 9.99. The van der Waals surface area contributed by atoms with Crippen molar-refractivity contribution in [1.82, 2.24) is 0 Å². The molecular formula is C14H19NO2S2. The first-order valence-corrected chi connectivity index (χ1v) is 8.98. The fourth-order valence-electron chi connectivity index (χ4n) is 1.84. The number of sulfone groups is 1. The highest BCUT2D eigenvalue weighted by atomic mass is 32.2. The molecule has 1 unspecified atom stereocenters. The average Bonchev–Trinajstić information content (AvgIpc) is 2.39. The third kappa shape index (κ3) is 4.88. The van der Waals surface area contributed by atoms with Crippen LogP contribution in [0.3, 0.4) is 0 Å². The van der Waals surface area contributed by atoms with Crippen molar-refractivity contribution in [1.29, 1.82) is 5.26 Å². The molecule has 1 aromatic carbocycles. The molecule has 0 spiro atoms. The molecule has 0 saturated heterocycles. The molecule has 0 N–H and O–H groups in total. The van der Waals surface area contributed by atoms with Crippen molar-refractivity contribution in [3.05, 3.63) is 29.8 Å². The number of nitrogens with zero attached hydrogens (tertiary/aromatic N) is 1. The second-order valence-electron chi connectivity index (χ2n) is 4.52. The van der Waals surface area contributed by atoms with E-state index in [-0.39, 0.29) is 5.75 Å². The zero-order chi connectivity index (χ0) is 14.3. The van der Waals surface area contributed by atoms with Crippen LogP contribution in [0.2, 0.25) is 0 Å². The van der Waals surface area contributed by atoms with Crippen LogP contribution in [0.4, 0.5) is 0 Å². The molecule has 1 aromatic rings. The molecular weight excluding hydrogens is 278 g/mol. The molecule has 19 heavy (non-hydrogen) atoms. The van der Waals surface area contributed by atoms with Gasteiger partial charge in [0.05, 0.1) is 10.6 Å². The Morgan fingerprint density at radius 1 is 1.32 bits per heavy atom. The molecule has 0 aliphatic rings. The molecule has 3 nitrogen and oxygen atoms in total. The second kappa shape index (κ2) is 7.56. The van der Waals surface area contributed by atoms with Crippen molar-refractivity contribution >= 4 is 21.6 Å². The summed E-state index contributed by atoms with van der Waals surface area (Å²) in [7, 11) is -3.12. The Morgan fingerprint density at radius 2 is 1.95 bits per heavy atom. The van der Waals surface area contributed by atoms with E-state index in [9.17, 15) is 8.42 Å². The van der Waals surface area contributed by atoms with Gasteiger partial charge in [-0.25, -0.2) is 8.42 Å². The zero-order valence-electron chi connectivity index (χ0n) is 11.3. The molecule has 0 radical (unpaired) electrons. The number of benzene rings is 1. The van der Waals surface area contributed by atoms with E-state index in [4.69, 9.17) is 5.26 Å². The number of thiocyanates is 1. The largest absolute Gasteiger partial charge is 0.224 e. The molecule has 0 fully saturated rings. The smallest absolute Gasteiger partial charge is 0.178 e. The highest BCUT2D eigenvalue weighted by molar-refractivity contribution is 8.03. The summed E-state index contributed by atoms with van der Waals surface area (Å²) in [5.41, 5.74) is 1.12. The summed E-state index contributed by atoms with van der Waals surface area (Å²) in [5, 5.41) is 10.5. The summed E-state index contributed by atoms with van der Waals surface area (Å²) in [6.45, 7) is 3.95. The van der Waals surface area contributed by atoms with Crippen LogP contribution >= 0.6 is 11.8 Å². The van der Waals surface area contributed by atoms with E-state index in [0.717, 1.165) is 17.7 Å². The molecule has 1 atom stereocenters. The van der Waals surface area contributed by atoms with E-state index in [0.29, 0.717) is 17.2 Å². The quantitative estimate of drug-likeness (QED) is 0.570. The maximum Gasteiger partial charge on any atom is 0.178 e. The van der Waals surface area contributed by atoms with Crippen molar-refractivity contribution in [3.63, 3.8) is 0 Å². The summed E-state index contributed by atoms with van der Waals surface area (Å²) in [5.74, 6) is 1.33. The van der Waals surface area contributed by atoms with Gasteiger partial charge in [-0.1, -0.05) is 26.0 Å². The Bertz CT molecular complexity index is 530. The fraction of sp³-hybridized carbons (Fsp3) is 0.500. The lowest BCUT2D eigenvalue weighted by Crippen LogP contribution is -2.06. The van der Waals surface area contributed by atoms with E-state index in [1.165, 1.54) is 11.8 Å². The van der Waals surface area contributed by atoms with Crippen LogP contribution in [-0.2, 0) is 9.84 Å². The highest BCUT2D eigenvalue weighted by Gasteiger charge is 2.13. The molecule has 0 heterocycles. The number of nitriles is 1. The summed E-state index contributed by atoms with van der Waals surface area (Å²) in [6, 6.07) is 7.14. The molecule has 0 aliphatic heterocycles. The monoisotopic (exact) mass is 297 g/mol. The lowest BCUT2D eigenvalue weighted by molar-refractivity contribution is 0.594. The van der Waals surface area contributed by atoms with E-state index >= 15 is 0 Å². The summed E-state index contributed by atoms with van der Waals surface area (Å²) < 4.78 is 23.8. The van der Waals surface area contributed by atoms with Crippen LogP contribution < -0.4 is 0 Å². The predicted octanol–water partition coefficient (Wildman–Crippen LogP) is 3.58. The van der Waals surface area contributed by atoms with Crippen LogP contribution in [0.5, 0.6) is 0 Å². The maximum atomic E-state index is 11.9. The van der Waals surface area contributed by atoms with Gasteiger partial charge in [-0.05, 0) is 48.2 Å². The highest BCUT2D eigenvalue weighted by Crippen LogP contribution is 2.23. The minimum Gasteiger partial charge on any atom is -0.224 e. The van der Waals surface area contributed by atoms with Gasteiger partial charge in [0.1, 0.15) is 5.40 Å². The summed E-state index contributed by atoms with van der Waals surface area (Å²) in [4.78, 5) is 0.400. The number of thioether (sulfide) groups is 1. The Balaban J connectivity index is 2.74. The average molecular weight is 297 g/mol. The van der Waals surface area contributed by atoms with Crippen molar-refractivity contribution in [2.24, 2.45) is 0 Å². The minimum absolute atomic E-state index is 0.195. The molecule has 1 rings (SSSR count). The lowest BCUT2D eigenvalue weighted by Gasteiger charge is -2.11. The van der Waals surface area contributed by atoms with Gasteiger partial charge >= 0.3 is 0 Å². The minimum atomic E-state index is -3.12.